The van der Waals surface area contributed by atoms with Crippen molar-refractivity contribution in [3.63, 3.8) is 0 Å². The van der Waals surface area contributed by atoms with Gasteiger partial charge in [-0.15, -0.1) is 0 Å². The van der Waals surface area contributed by atoms with Gasteiger partial charge in [0.2, 0.25) is 0 Å². The third kappa shape index (κ3) is 6.82. The molecule has 0 aromatic heterocycles. The summed E-state index contributed by atoms with van der Waals surface area (Å²) >= 11 is 0. The zero-order valence-corrected chi connectivity index (χ0v) is 14.6. The van der Waals surface area contributed by atoms with Crippen LogP contribution in [0.5, 0.6) is 0 Å². The minimum Gasteiger partial charge on any atom is -0.399 e. The summed E-state index contributed by atoms with van der Waals surface area (Å²) in [4.78, 5) is 2.43. The van der Waals surface area contributed by atoms with Crippen LogP contribution in [0.3, 0.4) is 0 Å². The predicted molar refractivity (Wildman–Crippen MR) is 70.6 cm³/mol. The van der Waals surface area contributed by atoms with Crippen molar-refractivity contribution >= 4 is 0 Å². The monoisotopic (exact) mass is 258 g/mol. The molecule has 2 nitrogen and oxygen atoms in total. The maximum Gasteiger partial charge on any atom is 1.00 e. The number of hydrogen-bond acceptors (Lipinski definition) is 2. The maximum atomic E-state index is 5.77. The Balaban J connectivity index is 0.00000256. The number of nitrogens with zero attached hydrogens (tertiary/aromatic N) is 1. The van der Waals surface area contributed by atoms with Crippen LogP contribution in [0, 0.1) is 6.42 Å². The smallest absolute Gasteiger partial charge is 0.399 e. The Morgan fingerprint density at radius 2 is 1.94 bits per heavy atom. The molecule has 0 bridgehead atoms. The molecule has 1 saturated heterocycles. The van der Waals surface area contributed by atoms with Gasteiger partial charge in [0.15, 0.2) is 0 Å². The van der Waals surface area contributed by atoms with E-state index in [1.165, 1.54) is 18.5 Å². The molecular formula is C14H23KN2. The van der Waals surface area contributed by atoms with Crippen molar-refractivity contribution in [3.05, 3.63) is 42.1 Å². The molecule has 2 N–H and O–H groups in total. The molecule has 1 aliphatic rings. The van der Waals surface area contributed by atoms with Crippen LogP contribution in [0.2, 0.25) is 0 Å². The van der Waals surface area contributed by atoms with E-state index >= 15 is 0 Å². The summed E-state index contributed by atoms with van der Waals surface area (Å²) in [5, 5.41) is 0. The van der Waals surface area contributed by atoms with E-state index < -0.39 is 0 Å². The average Bonchev–Trinajstić information content (AvgIpc) is 2.35. The van der Waals surface area contributed by atoms with E-state index in [2.05, 4.69) is 30.4 Å². The molecule has 17 heavy (non-hydrogen) atoms. The fraction of sp³-hybridized carbons (Fsp3) is 0.500. The molecule has 1 rings (SSSR count). The first-order valence-corrected chi connectivity index (χ1v) is 6.14. The molecule has 0 unspecified atom stereocenters. The van der Waals surface area contributed by atoms with Crippen LogP contribution in [-0.2, 0) is 0 Å². The Kier molecular flexibility index (Phi) is 10.7. The standard InChI is InChI=1S/C14H23N2.K/c1-3-8-14(10-9-13(15)4-2)16-11-6-5-7-12-16;/h4-5,8-10H,3,6-7,11-12,15H2,1-2H3;/q-1;+1/b10-9-,13-4+,14-8-;. The van der Waals surface area contributed by atoms with E-state index in [1.807, 2.05) is 19.1 Å². The summed E-state index contributed by atoms with van der Waals surface area (Å²) in [5.41, 5.74) is 7.90. The van der Waals surface area contributed by atoms with Gasteiger partial charge >= 0.3 is 51.4 Å². The second-order valence-corrected chi connectivity index (χ2v) is 4.01. The van der Waals surface area contributed by atoms with Crippen molar-refractivity contribution in [1.82, 2.24) is 4.90 Å². The second kappa shape index (κ2) is 10.4. The molecule has 0 saturated carbocycles. The van der Waals surface area contributed by atoms with Gasteiger partial charge in [-0.25, -0.2) is 0 Å². The molecule has 1 fully saturated rings. The predicted octanol–water partition coefficient (Wildman–Crippen LogP) is 0.00309. The Bertz CT molecular complexity index is 287. The normalized spacial score (nSPS) is 18.4. The Hall–Kier alpha value is 0.456. The quantitative estimate of drug-likeness (QED) is 0.437. The van der Waals surface area contributed by atoms with Gasteiger partial charge in [-0.1, -0.05) is 19.1 Å². The number of hydrogen-bond donors (Lipinski definition) is 1. The zero-order chi connectivity index (χ0) is 11.8. The molecule has 0 spiro atoms. The fourth-order valence-electron chi connectivity index (χ4n) is 1.80. The number of nitrogens with two attached hydrogens (primary N) is 1. The van der Waals surface area contributed by atoms with Crippen molar-refractivity contribution in [2.24, 2.45) is 5.73 Å². The van der Waals surface area contributed by atoms with Crippen LogP contribution in [0.25, 0.3) is 0 Å². The summed E-state index contributed by atoms with van der Waals surface area (Å²) in [7, 11) is 0. The Labute approximate surface area is 148 Å². The van der Waals surface area contributed by atoms with Gasteiger partial charge in [0.05, 0.1) is 0 Å². The first-order chi connectivity index (χ1) is 7.77. The van der Waals surface area contributed by atoms with Crippen LogP contribution in [-0.4, -0.2) is 18.0 Å². The minimum atomic E-state index is 0. The first kappa shape index (κ1) is 17.5. The SMILES string of the molecule is C\C=C(N)/C=C\C(=C\CC)N1CC[CH-]CC1.[K+]. The van der Waals surface area contributed by atoms with E-state index in [0.717, 1.165) is 25.2 Å². The Morgan fingerprint density at radius 3 is 2.47 bits per heavy atom. The molecule has 0 amide bonds. The van der Waals surface area contributed by atoms with Crippen LogP contribution in [0.1, 0.15) is 33.1 Å². The number of piperidine rings is 1. The zero-order valence-electron chi connectivity index (χ0n) is 11.4. The maximum absolute atomic E-state index is 5.77. The summed E-state index contributed by atoms with van der Waals surface area (Å²) in [5.74, 6) is 0. The van der Waals surface area contributed by atoms with E-state index in [1.54, 1.807) is 0 Å². The van der Waals surface area contributed by atoms with Gasteiger partial charge in [0, 0.05) is 11.4 Å². The number of allylic oxidation sites excluding steroid dienone is 4. The average molecular weight is 258 g/mol. The van der Waals surface area contributed by atoms with Crippen molar-refractivity contribution < 1.29 is 51.4 Å². The fourth-order valence-corrected chi connectivity index (χ4v) is 1.80. The van der Waals surface area contributed by atoms with Crippen LogP contribution in [0.15, 0.2) is 35.7 Å². The van der Waals surface area contributed by atoms with Gasteiger partial charge in [0.25, 0.3) is 0 Å². The van der Waals surface area contributed by atoms with Gasteiger partial charge in [-0.2, -0.15) is 12.8 Å². The van der Waals surface area contributed by atoms with Crippen LogP contribution < -0.4 is 57.1 Å². The molecule has 1 heterocycles. The largest absolute Gasteiger partial charge is 1.00 e. The second-order valence-electron chi connectivity index (χ2n) is 4.01. The Morgan fingerprint density at radius 1 is 1.29 bits per heavy atom. The topological polar surface area (TPSA) is 29.3 Å². The van der Waals surface area contributed by atoms with Crippen molar-refractivity contribution in [2.45, 2.75) is 33.1 Å². The van der Waals surface area contributed by atoms with E-state index in [9.17, 15) is 0 Å². The minimum absolute atomic E-state index is 0. The van der Waals surface area contributed by atoms with E-state index in [4.69, 9.17) is 5.73 Å². The first-order valence-electron chi connectivity index (χ1n) is 6.14. The van der Waals surface area contributed by atoms with Crippen LogP contribution in [0.4, 0.5) is 0 Å². The summed E-state index contributed by atoms with van der Waals surface area (Å²) in [6.07, 6.45) is 14.1. The van der Waals surface area contributed by atoms with Gasteiger partial charge in [-0.3, -0.25) is 0 Å². The molecule has 0 aromatic carbocycles. The summed E-state index contributed by atoms with van der Waals surface area (Å²) in [6, 6.07) is 0. The third-order valence-corrected chi connectivity index (χ3v) is 2.76. The van der Waals surface area contributed by atoms with Crippen molar-refractivity contribution in [3.8, 4) is 0 Å². The molecule has 0 atom stereocenters. The molecule has 0 aliphatic carbocycles. The van der Waals surface area contributed by atoms with Gasteiger partial charge in [0.1, 0.15) is 0 Å². The third-order valence-electron chi connectivity index (χ3n) is 2.76. The number of rotatable bonds is 4. The molecular weight excluding hydrogens is 235 g/mol. The molecule has 0 aromatic rings. The van der Waals surface area contributed by atoms with Gasteiger partial charge < -0.3 is 17.1 Å². The van der Waals surface area contributed by atoms with Crippen molar-refractivity contribution in [2.75, 3.05) is 13.1 Å². The molecule has 3 heteroatoms. The molecule has 90 valence electrons. The summed E-state index contributed by atoms with van der Waals surface area (Å²) in [6.45, 7) is 6.39. The van der Waals surface area contributed by atoms with E-state index in [0.29, 0.717) is 0 Å². The molecule has 0 radical (unpaired) electrons. The van der Waals surface area contributed by atoms with E-state index in [-0.39, 0.29) is 51.4 Å². The molecule has 1 aliphatic heterocycles. The van der Waals surface area contributed by atoms with Gasteiger partial charge in [-0.05, 0) is 38.6 Å². The van der Waals surface area contributed by atoms with Crippen LogP contribution >= 0.6 is 0 Å². The van der Waals surface area contributed by atoms with Crippen molar-refractivity contribution in [1.29, 1.82) is 0 Å². The number of likely N-dealkylation sites (tertiary alicyclic amines) is 1. The summed E-state index contributed by atoms with van der Waals surface area (Å²) < 4.78 is 0.